The molecule has 0 bridgehead atoms. The van der Waals surface area contributed by atoms with Crippen molar-refractivity contribution in [2.75, 3.05) is 25.2 Å². The molecule has 1 aliphatic carbocycles. The fourth-order valence-corrected chi connectivity index (χ4v) is 3.71. The van der Waals surface area contributed by atoms with Gasteiger partial charge in [-0.15, -0.1) is 0 Å². The summed E-state index contributed by atoms with van der Waals surface area (Å²) in [5.41, 5.74) is 2.04. The smallest absolute Gasteiger partial charge is 0.325 e. The molecule has 0 saturated carbocycles. The number of carbonyl (C=O) groups excluding carboxylic acids is 1. The van der Waals surface area contributed by atoms with Crippen LogP contribution in [0.2, 0.25) is 0 Å². The Kier molecular flexibility index (Phi) is 5.45. The van der Waals surface area contributed by atoms with Crippen LogP contribution in [-0.2, 0) is 16.1 Å². The van der Waals surface area contributed by atoms with Gasteiger partial charge >= 0.3 is 6.03 Å². The van der Waals surface area contributed by atoms with Crippen molar-refractivity contribution in [1.29, 1.82) is 0 Å². The Bertz CT molecular complexity index is 626. The molecular weight excluding hydrogens is 316 g/mol. The zero-order chi connectivity index (χ0) is 18.0. The van der Waals surface area contributed by atoms with E-state index in [0.717, 1.165) is 17.8 Å². The first-order chi connectivity index (χ1) is 12.1. The van der Waals surface area contributed by atoms with Crippen LogP contribution in [-0.4, -0.2) is 49.4 Å². The van der Waals surface area contributed by atoms with E-state index in [1.165, 1.54) is 0 Å². The SMILES string of the molecule is CCOCc1ccc(N2C(=O)N(CC(C)C)[C@@H]3C2C=C[C@H]3OC)cc1. The maximum Gasteiger partial charge on any atom is 0.325 e. The van der Waals surface area contributed by atoms with Crippen molar-refractivity contribution in [3.8, 4) is 0 Å². The van der Waals surface area contributed by atoms with E-state index in [0.29, 0.717) is 19.1 Å². The predicted octanol–water partition coefficient (Wildman–Crippen LogP) is 3.44. The number of nitrogens with zero attached hydrogens (tertiary/aromatic N) is 2. The summed E-state index contributed by atoms with van der Waals surface area (Å²) in [6.45, 7) is 8.29. The molecule has 0 radical (unpaired) electrons. The van der Waals surface area contributed by atoms with E-state index in [9.17, 15) is 4.79 Å². The standard InChI is InChI=1S/C20H28N2O3/c1-5-25-13-15-6-8-16(9-7-15)22-17-10-11-18(24-4)19(17)21(20(22)23)12-14(2)3/h6-11,14,17-19H,5,12-13H2,1-4H3/t17?,18-,19-/m1/s1. The van der Waals surface area contributed by atoms with E-state index in [2.05, 4.69) is 26.0 Å². The molecule has 2 amide bonds. The summed E-state index contributed by atoms with van der Waals surface area (Å²) in [4.78, 5) is 17.0. The Hall–Kier alpha value is -1.85. The summed E-state index contributed by atoms with van der Waals surface area (Å²) in [7, 11) is 1.71. The van der Waals surface area contributed by atoms with Crippen molar-refractivity contribution >= 4 is 11.7 Å². The van der Waals surface area contributed by atoms with Crippen LogP contribution in [0.25, 0.3) is 0 Å². The first-order valence-corrected chi connectivity index (χ1v) is 9.04. The number of hydrogen-bond donors (Lipinski definition) is 0. The molecule has 1 saturated heterocycles. The normalized spacial score (nSPS) is 25.3. The van der Waals surface area contributed by atoms with Gasteiger partial charge in [0, 0.05) is 25.9 Å². The van der Waals surface area contributed by atoms with Crippen molar-refractivity contribution in [3.05, 3.63) is 42.0 Å². The third kappa shape index (κ3) is 3.44. The number of urea groups is 1. The monoisotopic (exact) mass is 344 g/mol. The lowest BCUT2D eigenvalue weighted by Gasteiger charge is -2.28. The van der Waals surface area contributed by atoms with E-state index in [1.807, 2.05) is 41.0 Å². The fraction of sp³-hybridized carbons (Fsp3) is 0.550. The Balaban J connectivity index is 1.85. The zero-order valence-electron chi connectivity index (χ0n) is 15.5. The van der Waals surface area contributed by atoms with Gasteiger partial charge in [-0.2, -0.15) is 0 Å². The van der Waals surface area contributed by atoms with Crippen LogP contribution in [0.3, 0.4) is 0 Å². The number of ether oxygens (including phenoxy) is 2. The molecule has 1 aromatic rings. The van der Waals surface area contributed by atoms with Crippen LogP contribution in [0.5, 0.6) is 0 Å². The lowest BCUT2D eigenvalue weighted by molar-refractivity contribution is 0.0738. The van der Waals surface area contributed by atoms with Gasteiger partial charge in [0.15, 0.2) is 0 Å². The minimum atomic E-state index is -0.0464. The second-order valence-electron chi connectivity index (χ2n) is 7.07. The minimum Gasteiger partial charge on any atom is -0.377 e. The average molecular weight is 344 g/mol. The van der Waals surface area contributed by atoms with Gasteiger partial charge in [-0.3, -0.25) is 4.90 Å². The van der Waals surface area contributed by atoms with E-state index in [1.54, 1.807) is 7.11 Å². The third-order valence-corrected chi connectivity index (χ3v) is 4.82. The van der Waals surface area contributed by atoms with Gasteiger partial charge in [0.2, 0.25) is 0 Å². The Morgan fingerprint density at radius 2 is 1.88 bits per heavy atom. The van der Waals surface area contributed by atoms with Crippen LogP contribution >= 0.6 is 0 Å². The van der Waals surface area contributed by atoms with Gasteiger partial charge in [0.05, 0.1) is 24.8 Å². The third-order valence-electron chi connectivity index (χ3n) is 4.82. The minimum absolute atomic E-state index is 0.0222. The van der Waals surface area contributed by atoms with E-state index >= 15 is 0 Å². The van der Waals surface area contributed by atoms with Crippen molar-refractivity contribution in [2.24, 2.45) is 5.92 Å². The molecule has 136 valence electrons. The molecule has 1 heterocycles. The Morgan fingerprint density at radius 1 is 1.16 bits per heavy atom. The molecule has 0 spiro atoms. The van der Waals surface area contributed by atoms with Crippen molar-refractivity contribution in [3.63, 3.8) is 0 Å². The maximum absolute atomic E-state index is 13.1. The summed E-state index contributed by atoms with van der Waals surface area (Å²) < 4.78 is 11.1. The first-order valence-electron chi connectivity index (χ1n) is 9.04. The highest BCUT2D eigenvalue weighted by molar-refractivity contribution is 5.96. The summed E-state index contributed by atoms with van der Waals surface area (Å²) in [5, 5.41) is 0. The van der Waals surface area contributed by atoms with Crippen LogP contribution < -0.4 is 4.90 Å². The number of benzene rings is 1. The maximum atomic E-state index is 13.1. The topological polar surface area (TPSA) is 42.0 Å². The molecule has 3 rings (SSSR count). The van der Waals surface area contributed by atoms with Gasteiger partial charge in [0.1, 0.15) is 0 Å². The number of methoxy groups -OCH3 is 1. The van der Waals surface area contributed by atoms with E-state index < -0.39 is 0 Å². The summed E-state index contributed by atoms with van der Waals surface area (Å²) in [6, 6.07) is 8.21. The second kappa shape index (κ2) is 7.58. The molecule has 5 heteroatoms. The highest BCUT2D eigenvalue weighted by Gasteiger charge is 2.51. The largest absolute Gasteiger partial charge is 0.377 e. The number of anilines is 1. The summed E-state index contributed by atoms with van der Waals surface area (Å²) >= 11 is 0. The molecule has 0 N–H and O–H groups in total. The van der Waals surface area contributed by atoms with Gasteiger partial charge in [-0.1, -0.05) is 38.1 Å². The van der Waals surface area contributed by atoms with E-state index in [-0.39, 0.29) is 24.2 Å². The Morgan fingerprint density at radius 3 is 2.48 bits per heavy atom. The predicted molar refractivity (Wildman–Crippen MR) is 98.7 cm³/mol. The van der Waals surface area contributed by atoms with Crippen molar-refractivity contribution in [2.45, 2.75) is 45.6 Å². The lowest BCUT2D eigenvalue weighted by atomic mass is 10.1. The second-order valence-corrected chi connectivity index (χ2v) is 7.07. The molecule has 5 nitrogen and oxygen atoms in total. The number of amides is 2. The summed E-state index contributed by atoms with van der Waals surface area (Å²) in [5.74, 6) is 0.413. The average Bonchev–Trinajstić information content (AvgIpc) is 3.12. The molecule has 1 aliphatic heterocycles. The molecular formula is C20H28N2O3. The summed E-state index contributed by atoms with van der Waals surface area (Å²) in [6.07, 6.45) is 4.13. The molecule has 2 aliphatic rings. The molecule has 3 atom stereocenters. The van der Waals surface area contributed by atoms with Crippen LogP contribution in [0, 0.1) is 5.92 Å². The van der Waals surface area contributed by atoms with Crippen LogP contribution in [0.15, 0.2) is 36.4 Å². The van der Waals surface area contributed by atoms with Gasteiger partial charge in [0.25, 0.3) is 0 Å². The van der Waals surface area contributed by atoms with Gasteiger partial charge < -0.3 is 14.4 Å². The molecule has 25 heavy (non-hydrogen) atoms. The van der Waals surface area contributed by atoms with Crippen LogP contribution in [0.4, 0.5) is 10.5 Å². The number of rotatable bonds is 7. The molecule has 1 unspecified atom stereocenters. The highest BCUT2D eigenvalue weighted by Crippen LogP contribution is 2.36. The fourth-order valence-electron chi connectivity index (χ4n) is 3.71. The van der Waals surface area contributed by atoms with E-state index in [4.69, 9.17) is 9.47 Å². The quantitative estimate of drug-likeness (QED) is 0.712. The highest BCUT2D eigenvalue weighted by atomic mass is 16.5. The number of fused-ring (bicyclic) bond motifs is 1. The van der Waals surface area contributed by atoms with Crippen LogP contribution in [0.1, 0.15) is 26.3 Å². The molecule has 0 aromatic heterocycles. The Labute approximate surface area is 150 Å². The molecule has 1 aromatic carbocycles. The van der Waals surface area contributed by atoms with Gasteiger partial charge in [-0.25, -0.2) is 4.79 Å². The zero-order valence-corrected chi connectivity index (χ0v) is 15.5. The lowest BCUT2D eigenvalue weighted by Crippen LogP contribution is -2.44. The first kappa shape index (κ1) is 18.0. The van der Waals surface area contributed by atoms with Crippen molar-refractivity contribution in [1.82, 2.24) is 4.90 Å². The molecule has 1 fully saturated rings. The van der Waals surface area contributed by atoms with Gasteiger partial charge in [-0.05, 0) is 30.5 Å². The number of hydrogen-bond acceptors (Lipinski definition) is 3. The number of carbonyl (C=O) groups is 1. The van der Waals surface area contributed by atoms with Crippen molar-refractivity contribution < 1.29 is 14.3 Å².